The minimum Gasteiger partial charge on any atom is -0.322 e. The third-order valence-electron chi connectivity index (χ3n) is 6.70. The number of nitrogens with zero attached hydrogens (tertiary/aromatic N) is 6. The smallest absolute Gasteiger partial charge is 0.322 e. The number of aromatic nitrogens is 4. The first-order valence-electron chi connectivity index (χ1n) is 12.5. The average Bonchev–Trinajstić information content (AvgIpc) is 3.31. The number of hydrogen-bond acceptors (Lipinski definition) is 6. The Hall–Kier alpha value is -3.98. The van der Waals surface area contributed by atoms with Crippen LogP contribution in [-0.4, -0.2) is 68.7 Å². The summed E-state index contributed by atoms with van der Waals surface area (Å²) in [7, 11) is 1.99. The molecular formula is C28H25ClF3N7O. The molecule has 2 aromatic heterocycles. The van der Waals surface area contributed by atoms with E-state index in [4.69, 9.17) is 11.6 Å². The molecule has 0 atom stereocenters. The van der Waals surface area contributed by atoms with E-state index >= 15 is 0 Å². The van der Waals surface area contributed by atoms with Crippen LogP contribution in [0.5, 0.6) is 0 Å². The van der Waals surface area contributed by atoms with Gasteiger partial charge in [-0.05, 0) is 67.4 Å². The fourth-order valence-electron chi connectivity index (χ4n) is 4.37. The molecule has 40 heavy (non-hydrogen) atoms. The Labute approximate surface area is 233 Å². The Morgan fingerprint density at radius 2 is 1.80 bits per heavy atom. The van der Waals surface area contributed by atoms with Crippen LogP contribution in [0.15, 0.2) is 48.5 Å². The number of hydrogen-bond donors (Lipinski definition) is 1. The topological polar surface area (TPSA) is 78.7 Å². The predicted molar refractivity (Wildman–Crippen MR) is 145 cm³/mol. The molecule has 1 fully saturated rings. The summed E-state index contributed by atoms with van der Waals surface area (Å²) in [6.45, 7) is 5.03. The van der Waals surface area contributed by atoms with Gasteiger partial charge in [-0.2, -0.15) is 22.8 Å². The van der Waals surface area contributed by atoms with Gasteiger partial charge in [0.05, 0.1) is 5.56 Å². The quantitative estimate of drug-likeness (QED) is 0.366. The van der Waals surface area contributed by atoms with Gasteiger partial charge < -0.3 is 10.2 Å². The van der Waals surface area contributed by atoms with Gasteiger partial charge in [0.1, 0.15) is 5.15 Å². The summed E-state index contributed by atoms with van der Waals surface area (Å²) in [6.07, 6.45) is -4.56. The number of likely N-dealkylation sites (N-methyl/N-ethyl adjacent to an activating group) is 1. The molecular weight excluding hydrogens is 543 g/mol. The van der Waals surface area contributed by atoms with Crippen molar-refractivity contribution in [2.24, 2.45) is 0 Å². The minimum absolute atomic E-state index is 0.0607. The maximum absolute atomic E-state index is 13.9. The number of anilines is 1. The van der Waals surface area contributed by atoms with Crippen molar-refractivity contribution in [3.05, 3.63) is 87.3 Å². The summed E-state index contributed by atoms with van der Waals surface area (Å²) in [6, 6.07) is 12.1. The molecule has 0 unspecified atom stereocenters. The monoisotopic (exact) mass is 567 g/mol. The number of amides is 1. The van der Waals surface area contributed by atoms with Crippen LogP contribution in [0.1, 0.15) is 38.4 Å². The normalized spacial score (nSPS) is 14.7. The fourth-order valence-corrected chi connectivity index (χ4v) is 4.51. The van der Waals surface area contributed by atoms with Crippen molar-refractivity contribution >= 4 is 28.8 Å². The number of carbonyl (C=O) groups excluding carboxylic acids is 1. The number of halogens is 4. The molecule has 1 aliphatic heterocycles. The SMILES string of the molecule is Cc1ccc(C(=O)Nc2ccc(CN3CCN(C)CC3)c(C(F)(F)F)c2)cc1C#Cc1nnc2ccc(Cl)nn12. The van der Waals surface area contributed by atoms with Crippen molar-refractivity contribution in [3.63, 3.8) is 0 Å². The Bertz CT molecular complexity index is 1630. The highest BCUT2D eigenvalue weighted by Crippen LogP contribution is 2.34. The zero-order valence-corrected chi connectivity index (χ0v) is 22.5. The lowest BCUT2D eigenvalue weighted by molar-refractivity contribution is -0.138. The molecule has 206 valence electrons. The van der Waals surface area contributed by atoms with Gasteiger partial charge in [-0.1, -0.05) is 29.7 Å². The molecule has 1 N–H and O–H groups in total. The highest BCUT2D eigenvalue weighted by atomic mass is 35.5. The summed E-state index contributed by atoms with van der Waals surface area (Å²) in [4.78, 5) is 17.2. The van der Waals surface area contributed by atoms with Crippen molar-refractivity contribution in [1.29, 1.82) is 0 Å². The van der Waals surface area contributed by atoms with Crippen LogP contribution >= 0.6 is 11.6 Å². The Kier molecular flexibility index (Phi) is 7.76. The van der Waals surface area contributed by atoms with Crippen molar-refractivity contribution in [3.8, 4) is 11.8 Å². The maximum Gasteiger partial charge on any atom is 0.416 e. The van der Waals surface area contributed by atoms with Gasteiger partial charge in [-0.15, -0.1) is 10.2 Å². The van der Waals surface area contributed by atoms with E-state index in [1.165, 1.54) is 16.6 Å². The molecule has 4 aromatic rings. The molecule has 1 amide bonds. The van der Waals surface area contributed by atoms with E-state index in [2.05, 4.69) is 37.4 Å². The molecule has 2 aromatic carbocycles. The standard InChI is InChI=1S/C28H25ClF3N7O/c1-18-3-4-20(15-19(18)6-9-25-34-35-26-10-8-24(29)36-39(25)26)27(40)33-22-7-5-21(23(16-22)28(30,31)32)17-38-13-11-37(2)12-14-38/h3-5,7-8,10,15-16H,11-14,17H2,1-2H3,(H,33,40). The van der Waals surface area contributed by atoms with Crippen LogP contribution in [0.4, 0.5) is 18.9 Å². The number of benzene rings is 2. The molecule has 0 aliphatic carbocycles. The van der Waals surface area contributed by atoms with Gasteiger partial charge in [-0.25, -0.2) is 0 Å². The summed E-state index contributed by atoms with van der Waals surface area (Å²) in [5.41, 5.74) is 1.56. The molecule has 12 heteroatoms. The van der Waals surface area contributed by atoms with Crippen LogP contribution in [0.25, 0.3) is 5.65 Å². The van der Waals surface area contributed by atoms with Crippen molar-refractivity contribution < 1.29 is 18.0 Å². The number of piperazine rings is 1. The lowest BCUT2D eigenvalue weighted by Crippen LogP contribution is -2.44. The number of rotatable bonds is 4. The van der Waals surface area contributed by atoms with Gasteiger partial charge in [0, 0.05) is 49.5 Å². The van der Waals surface area contributed by atoms with E-state index < -0.39 is 17.6 Å². The van der Waals surface area contributed by atoms with Crippen LogP contribution in [0.2, 0.25) is 5.15 Å². The zero-order valence-electron chi connectivity index (χ0n) is 21.8. The molecule has 8 nitrogen and oxygen atoms in total. The van der Waals surface area contributed by atoms with E-state index in [9.17, 15) is 18.0 Å². The highest BCUT2D eigenvalue weighted by Gasteiger charge is 2.34. The number of fused-ring (bicyclic) bond motifs is 1. The largest absolute Gasteiger partial charge is 0.416 e. The van der Waals surface area contributed by atoms with Gasteiger partial charge in [0.2, 0.25) is 5.82 Å². The predicted octanol–water partition coefficient (Wildman–Crippen LogP) is 4.50. The molecule has 5 rings (SSSR count). The van der Waals surface area contributed by atoms with E-state index in [-0.39, 0.29) is 34.3 Å². The van der Waals surface area contributed by atoms with Crippen molar-refractivity contribution in [2.75, 3.05) is 38.5 Å². The van der Waals surface area contributed by atoms with Crippen LogP contribution in [0, 0.1) is 18.8 Å². The number of alkyl halides is 3. The third kappa shape index (κ3) is 6.25. The van der Waals surface area contributed by atoms with Crippen molar-refractivity contribution in [1.82, 2.24) is 29.6 Å². The lowest BCUT2D eigenvalue weighted by Gasteiger charge is -2.33. The number of aryl methyl sites for hydroxylation is 1. The summed E-state index contributed by atoms with van der Waals surface area (Å²) < 4.78 is 43.2. The highest BCUT2D eigenvalue weighted by molar-refractivity contribution is 6.29. The molecule has 1 aliphatic rings. The van der Waals surface area contributed by atoms with Gasteiger partial charge in [0.15, 0.2) is 5.65 Å². The fraction of sp³-hybridized carbons (Fsp3) is 0.286. The summed E-state index contributed by atoms with van der Waals surface area (Å²) >= 11 is 5.96. The molecule has 0 bridgehead atoms. The lowest BCUT2D eigenvalue weighted by atomic mass is 10.0. The molecule has 3 heterocycles. The second-order valence-corrected chi connectivity index (χ2v) is 10.0. The molecule has 0 saturated carbocycles. The van der Waals surface area contributed by atoms with Crippen LogP contribution in [-0.2, 0) is 12.7 Å². The van der Waals surface area contributed by atoms with Crippen molar-refractivity contribution in [2.45, 2.75) is 19.6 Å². The minimum atomic E-state index is -4.56. The first kappa shape index (κ1) is 27.6. The average molecular weight is 568 g/mol. The maximum atomic E-state index is 13.9. The second-order valence-electron chi connectivity index (χ2n) is 9.63. The summed E-state index contributed by atoms with van der Waals surface area (Å²) in [5.74, 6) is 5.58. The first-order valence-corrected chi connectivity index (χ1v) is 12.9. The molecule has 0 radical (unpaired) electrons. The Morgan fingerprint density at radius 1 is 1.02 bits per heavy atom. The zero-order chi connectivity index (χ0) is 28.4. The summed E-state index contributed by atoms with van der Waals surface area (Å²) in [5, 5.41) is 15.0. The van der Waals surface area contributed by atoms with E-state index in [1.807, 2.05) is 18.9 Å². The van der Waals surface area contributed by atoms with E-state index in [0.29, 0.717) is 24.3 Å². The van der Waals surface area contributed by atoms with Gasteiger partial charge >= 0.3 is 6.18 Å². The van der Waals surface area contributed by atoms with Gasteiger partial charge in [-0.3, -0.25) is 9.69 Å². The first-order chi connectivity index (χ1) is 19.1. The molecule has 1 saturated heterocycles. The van der Waals surface area contributed by atoms with E-state index in [1.54, 1.807) is 30.3 Å². The second kappa shape index (κ2) is 11.3. The van der Waals surface area contributed by atoms with Crippen LogP contribution in [0.3, 0.4) is 0 Å². The number of nitrogens with one attached hydrogen (secondary N) is 1. The third-order valence-corrected chi connectivity index (χ3v) is 6.90. The van der Waals surface area contributed by atoms with Crippen LogP contribution < -0.4 is 5.32 Å². The number of carbonyl (C=O) groups is 1. The Balaban J connectivity index is 1.35. The molecule has 0 spiro atoms. The van der Waals surface area contributed by atoms with Gasteiger partial charge in [0.25, 0.3) is 5.91 Å². The Morgan fingerprint density at radius 3 is 2.55 bits per heavy atom. The van der Waals surface area contributed by atoms with E-state index in [0.717, 1.165) is 24.7 Å².